The summed E-state index contributed by atoms with van der Waals surface area (Å²) in [5, 5.41) is 0. The van der Waals surface area contributed by atoms with Gasteiger partial charge in [-0.2, -0.15) is 0 Å². The molecule has 1 aromatic rings. The Morgan fingerprint density at radius 1 is 1.07 bits per heavy atom. The van der Waals surface area contributed by atoms with E-state index < -0.39 is 5.91 Å². The number of hydrogen-bond donors (Lipinski definition) is 1. The van der Waals surface area contributed by atoms with Gasteiger partial charge in [-0.05, 0) is 39.0 Å². The van der Waals surface area contributed by atoms with E-state index in [2.05, 4.69) is 9.97 Å². The predicted molar refractivity (Wildman–Crippen MR) is 104 cm³/mol. The Balaban J connectivity index is 1.66. The molecule has 3 heterocycles. The number of hydrogen-bond acceptors (Lipinski definition) is 5. The van der Waals surface area contributed by atoms with Crippen LogP contribution in [0.25, 0.3) is 0 Å². The molecule has 2 aliphatic heterocycles. The predicted octanol–water partition coefficient (Wildman–Crippen LogP) is 1.38. The Bertz CT molecular complexity index is 745. The van der Waals surface area contributed by atoms with Gasteiger partial charge in [-0.1, -0.05) is 0 Å². The zero-order chi connectivity index (χ0) is 20.1. The second-order valence-corrected chi connectivity index (χ2v) is 7.73. The van der Waals surface area contributed by atoms with Crippen molar-refractivity contribution < 1.29 is 14.4 Å². The third-order valence-electron chi connectivity index (χ3n) is 5.60. The van der Waals surface area contributed by atoms with Crippen molar-refractivity contribution in [3.05, 3.63) is 23.3 Å². The first-order valence-corrected chi connectivity index (χ1v) is 10.1. The quantitative estimate of drug-likeness (QED) is 0.821. The summed E-state index contributed by atoms with van der Waals surface area (Å²) in [5.41, 5.74) is 6.40. The lowest BCUT2D eigenvalue weighted by Crippen LogP contribution is -2.40. The van der Waals surface area contributed by atoms with Gasteiger partial charge in [0, 0.05) is 51.1 Å². The molecule has 2 saturated heterocycles. The molecule has 0 aromatic carbocycles. The van der Waals surface area contributed by atoms with Gasteiger partial charge in [0.2, 0.25) is 11.8 Å². The summed E-state index contributed by atoms with van der Waals surface area (Å²) in [6.07, 6.45) is 6.89. The number of carbonyl (C=O) groups is 3. The van der Waals surface area contributed by atoms with Gasteiger partial charge < -0.3 is 15.5 Å². The fourth-order valence-electron chi connectivity index (χ4n) is 3.96. The zero-order valence-corrected chi connectivity index (χ0v) is 16.5. The molecule has 1 aromatic heterocycles. The maximum absolute atomic E-state index is 12.7. The van der Waals surface area contributed by atoms with Crippen LogP contribution in [0, 0.1) is 6.92 Å². The molecule has 152 valence electrons. The first-order valence-electron chi connectivity index (χ1n) is 10.1. The van der Waals surface area contributed by atoms with E-state index in [1.54, 1.807) is 11.1 Å². The Kier molecular flexibility index (Phi) is 6.59. The van der Waals surface area contributed by atoms with Gasteiger partial charge in [-0.25, -0.2) is 9.97 Å². The van der Waals surface area contributed by atoms with Crippen LogP contribution in [0.3, 0.4) is 0 Å². The first-order chi connectivity index (χ1) is 13.5. The summed E-state index contributed by atoms with van der Waals surface area (Å²) in [4.78, 5) is 48.7. The third kappa shape index (κ3) is 4.85. The minimum absolute atomic E-state index is 0.00986. The smallest absolute Gasteiger partial charge is 0.257 e. The topological polar surface area (TPSA) is 109 Å². The van der Waals surface area contributed by atoms with E-state index in [1.807, 2.05) is 11.8 Å². The van der Waals surface area contributed by atoms with Crippen molar-refractivity contribution >= 4 is 17.7 Å². The number of nitrogens with two attached hydrogens (primary N) is 1. The minimum atomic E-state index is -0.463. The summed E-state index contributed by atoms with van der Waals surface area (Å²) in [6, 6.07) is 0. The molecule has 2 fully saturated rings. The van der Waals surface area contributed by atoms with Crippen molar-refractivity contribution in [3.8, 4) is 0 Å². The van der Waals surface area contributed by atoms with Gasteiger partial charge in [0.25, 0.3) is 5.91 Å². The normalized spacial score (nSPS) is 20.1. The number of piperidine rings is 2. The van der Waals surface area contributed by atoms with Crippen LogP contribution in [0.4, 0.5) is 0 Å². The summed E-state index contributed by atoms with van der Waals surface area (Å²) in [5.74, 6) is 0.215. The largest absolute Gasteiger partial charge is 0.370 e. The van der Waals surface area contributed by atoms with Crippen LogP contribution in [-0.4, -0.2) is 63.7 Å². The summed E-state index contributed by atoms with van der Waals surface area (Å²) in [7, 11) is 0. The number of aromatic nitrogens is 2. The molecule has 0 saturated carbocycles. The fourth-order valence-corrected chi connectivity index (χ4v) is 3.96. The molecule has 8 heteroatoms. The van der Waals surface area contributed by atoms with Crippen LogP contribution in [0.1, 0.15) is 72.7 Å². The second-order valence-electron chi connectivity index (χ2n) is 7.73. The zero-order valence-electron chi connectivity index (χ0n) is 16.5. The third-order valence-corrected chi connectivity index (χ3v) is 5.60. The van der Waals surface area contributed by atoms with Crippen LogP contribution in [-0.2, 0) is 9.59 Å². The van der Waals surface area contributed by atoms with E-state index in [9.17, 15) is 14.4 Å². The molecule has 0 aliphatic carbocycles. The number of carbonyl (C=O) groups excluding carboxylic acids is 3. The van der Waals surface area contributed by atoms with Gasteiger partial charge in [-0.3, -0.25) is 14.4 Å². The Morgan fingerprint density at radius 2 is 1.79 bits per heavy atom. The van der Waals surface area contributed by atoms with E-state index in [0.29, 0.717) is 30.2 Å². The number of nitrogens with zero attached hydrogens (tertiary/aromatic N) is 4. The molecule has 8 nitrogen and oxygen atoms in total. The van der Waals surface area contributed by atoms with Gasteiger partial charge in [0.1, 0.15) is 5.82 Å². The molecule has 28 heavy (non-hydrogen) atoms. The van der Waals surface area contributed by atoms with Crippen molar-refractivity contribution in [2.75, 3.05) is 26.2 Å². The standard InChI is InChI=1S/C20H29N5O3/c1-14-16(20(28)24-9-3-2-4-10-24)12-22-19(23-14)15-6-5-11-25(13-15)18(27)8-7-17(21)26/h12,15H,2-11,13H2,1H3,(H2,21,26)/t15-/m0/s1. The number of aryl methyl sites for hydroxylation is 1. The lowest BCUT2D eigenvalue weighted by atomic mass is 9.96. The maximum atomic E-state index is 12.7. The molecular formula is C20H29N5O3. The van der Waals surface area contributed by atoms with Crippen LogP contribution < -0.4 is 5.73 Å². The summed E-state index contributed by atoms with van der Waals surface area (Å²) in [6.45, 7) is 4.66. The van der Waals surface area contributed by atoms with Gasteiger partial charge >= 0.3 is 0 Å². The Labute approximate surface area is 165 Å². The lowest BCUT2D eigenvalue weighted by molar-refractivity contribution is -0.134. The molecule has 2 N–H and O–H groups in total. The SMILES string of the molecule is Cc1nc([C@H]2CCCN(C(=O)CCC(N)=O)C2)ncc1C(=O)N1CCCCC1. The average molecular weight is 387 g/mol. The number of rotatable bonds is 5. The molecule has 0 spiro atoms. The molecule has 3 amide bonds. The van der Waals surface area contributed by atoms with Crippen molar-refractivity contribution in [1.29, 1.82) is 0 Å². The summed E-state index contributed by atoms with van der Waals surface area (Å²) < 4.78 is 0. The summed E-state index contributed by atoms with van der Waals surface area (Å²) >= 11 is 0. The molecule has 1 atom stereocenters. The Morgan fingerprint density at radius 3 is 2.46 bits per heavy atom. The maximum Gasteiger partial charge on any atom is 0.257 e. The highest BCUT2D eigenvalue weighted by atomic mass is 16.2. The molecule has 2 aliphatic rings. The number of primary amides is 1. The van der Waals surface area contributed by atoms with E-state index in [4.69, 9.17) is 5.73 Å². The van der Waals surface area contributed by atoms with E-state index in [-0.39, 0.29) is 30.6 Å². The van der Waals surface area contributed by atoms with Crippen molar-refractivity contribution in [3.63, 3.8) is 0 Å². The van der Waals surface area contributed by atoms with E-state index in [1.165, 1.54) is 6.42 Å². The highest BCUT2D eigenvalue weighted by molar-refractivity contribution is 5.95. The van der Waals surface area contributed by atoms with Gasteiger partial charge in [0.05, 0.1) is 11.3 Å². The molecule has 0 radical (unpaired) electrons. The molecule has 0 unspecified atom stereocenters. The Hall–Kier alpha value is -2.51. The van der Waals surface area contributed by atoms with Crippen LogP contribution in [0.5, 0.6) is 0 Å². The van der Waals surface area contributed by atoms with E-state index >= 15 is 0 Å². The average Bonchev–Trinajstić information content (AvgIpc) is 2.72. The van der Waals surface area contributed by atoms with Crippen molar-refractivity contribution in [1.82, 2.24) is 19.8 Å². The molecule has 3 rings (SSSR count). The molecule has 0 bridgehead atoms. The van der Waals surface area contributed by atoms with Crippen LogP contribution in [0.2, 0.25) is 0 Å². The van der Waals surface area contributed by atoms with Crippen molar-refractivity contribution in [2.24, 2.45) is 5.73 Å². The number of likely N-dealkylation sites (tertiary alicyclic amines) is 2. The van der Waals surface area contributed by atoms with Crippen LogP contribution in [0.15, 0.2) is 6.20 Å². The lowest BCUT2D eigenvalue weighted by Gasteiger charge is -2.32. The monoisotopic (exact) mass is 387 g/mol. The highest BCUT2D eigenvalue weighted by Gasteiger charge is 2.28. The highest BCUT2D eigenvalue weighted by Crippen LogP contribution is 2.26. The van der Waals surface area contributed by atoms with Gasteiger partial charge in [-0.15, -0.1) is 0 Å². The molecular weight excluding hydrogens is 358 g/mol. The van der Waals surface area contributed by atoms with Gasteiger partial charge in [0.15, 0.2) is 0 Å². The van der Waals surface area contributed by atoms with Crippen molar-refractivity contribution in [2.45, 2.75) is 57.8 Å². The minimum Gasteiger partial charge on any atom is -0.370 e. The fraction of sp³-hybridized carbons (Fsp3) is 0.650. The number of amides is 3. The van der Waals surface area contributed by atoms with E-state index in [0.717, 1.165) is 38.8 Å². The first kappa shape index (κ1) is 20.2. The second kappa shape index (κ2) is 9.12. The van der Waals surface area contributed by atoms with Crippen LogP contribution >= 0.6 is 0 Å².